The van der Waals surface area contributed by atoms with Gasteiger partial charge in [-0.2, -0.15) is 0 Å². The molecule has 0 aromatic rings. The molecular weight excluding hydrogens is 1390 g/mol. The second kappa shape index (κ2) is 80.7. The zero-order valence-electron chi connectivity index (χ0n) is 70.3. The Morgan fingerprint density at radius 2 is 0.449 bits per heavy atom. The van der Waals surface area contributed by atoms with E-state index >= 15 is 0 Å². The number of phosphoric acid groups is 2. The van der Waals surface area contributed by atoms with E-state index < -0.39 is 97.5 Å². The SMILES string of the molecule is CCCCCCCCCCCCCCCCCCCCCCCCC(=O)O[C@H](COC(=O)CCCCCCCCCCCCCCCCC(C)CC)COP(=O)(O)OC[C@@H](O)COP(=O)(O)OC[C@@H](COC(=O)CCCCCCCCCCCC)OC(=O)CCCCCCCCCCCCCCCCCCC. The molecule has 0 heterocycles. The molecule has 0 spiro atoms. The average Bonchev–Trinajstić information content (AvgIpc) is 0.905. The molecule has 636 valence electrons. The fourth-order valence-corrected chi connectivity index (χ4v) is 15.4. The Balaban J connectivity index is 5.22. The monoisotopic (exact) mass is 1560 g/mol. The van der Waals surface area contributed by atoms with Gasteiger partial charge in [-0.05, 0) is 31.6 Å². The molecule has 17 nitrogen and oxygen atoms in total. The Bertz CT molecular complexity index is 2030. The Hall–Kier alpha value is -1.94. The number of hydrogen-bond acceptors (Lipinski definition) is 15. The zero-order chi connectivity index (χ0) is 78.3. The van der Waals surface area contributed by atoms with E-state index in [4.69, 9.17) is 37.0 Å². The van der Waals surface area contributed by atoms with Crippen LogP contribution in [-0.4, -0.2) is 96.7 Å². The highest BCUT2D eigenvalue weighted by Gasteiger charge is 2.30. The van der Waals surface area contributed by atoms with E-state index in [0.29, 0.717) is 25.7 Å². The Kier molecular flexibility index (Phi) is 79.2. The van der Waals surface area contributed by atoms with Crippen LogP contribution in [0.25, 0.3) is 0 Å². The minimum Gasteiger partial charge on any atom is -0.462 e. The summed E-state index contributed by atoms with van der Waals surface area (Å²) in [5, 5.41) is 10.7. The third-order valence-corrected chi connectivity index (χ3v) is 23.0. The van der Waals surface area contributed by atoms with E-state index in [-0.39, 0.29) is 25.7 Å². The zero-order valence-corrected chi connectivity index (χ0v) is 72.1. The van der Waals surface area contributed by atoms with Gasteiger partial charge in [0.2, 0.25) is 0 Å². The van der Waals surface area contributed by atoms with Gasteiger partial charge in [0.05, 0.1) is 26.4 Å². The standard InChI is InChI=1S/C88H172O17P2/c1-6-10-13-16-19-22-25-27-29-31-32-33-34-35-37-39-45-49-54-59-64-69-74-88(93)105-84(78-99-86(91)72-67-62-57-52-47-43-41-40-42-46-50-55-60-65-70-81(5)9-4)80-103-107(96,97)101-76-82(89)75-100-106(94,95)102-79-83(77-98-85(90)71-66-61-56-51-24-21-18-15-12-8-3)104-87(92)73-68-63-58-53-48-44-38-36-30-28-26-23-20-17-14-11-7-2/h81-84,89H,6-80H2,1-5H3,(H,94,95)(H,96,97)/t81?,82-,83+,84+/m0/s1. The van der Waals surface area contributed by atoms with Crippen LogP contribution in [0.5, 0.6) is 0 Å². The molecule has 0 saturated heterocycles. The van der Waals surface area contributed by atoms with Crippen molar-refractivity contribution < 1.29 is 80.2 Å². The molecule has 0 fully saturated rings. The summed E-state index contributed by atoms with van der Waals surface area (Å²) in [7, 11) is -9.93. The van der Waals surface area contributed by atoms with Crippen molar-refractivity contribution in [3.05, 3.63) is 0 Å². The van der Waals surface area contributed by atoms with Crippen LogP contribution in [0, 0.1) is 5.92 Å². The van der Waals surface area contributed by atoms with Crippen LogP contribution in [0.3, 0.4) is 0 Å². The van der Waals surface area contributed by atoms with E-state index in [1.165, 1.54) is 302 Å². The fourth-order valence-electron chi connectivity index (χ4n) is 13.8. The third-order valence-electron chi connectivity index (χ3n) is 21.1. The first-order valence-corrected chi connectivity index (χ1v) is 48.7. The van der Waals surface area contributed by atoms with Crippen LogP contribution in [0.4, 0.5) is 0 Å². The number of carbonyl (C=O) groups is 4. The Labute approximate surface area is 658 Å². The van der Waals surface area contributed by atoms with Crippen LogP contribution in [-0.2, 0) is 65.4 Å². The van der Waals surface area contributed by atoms with E-state index in [0.717, 1.165) is 95.8 Å². The van der Waals surface area contributed by atoms with Gasteiger partial charge in [0.25, 0.3) is 0 Å². The third kappa shape index (κ3) is 80.5. The van der Waals surface area contributed by atoms with E-state index in [1.54, 1.807) is 0 Å². The summed E-state index contributed by atoms with van der Waals surface area (Å²) in [6.07, 6.45) is 75.0. The Morgan fingerprint density at radius 3 is 0.664 bits per heavy atom. The molecule has 0 saturated carbocycles. The number of unbranched alkanes of at least 4 members (excludes halogenated alkanes) is 59. The minimum atomic E-state index is -4.97. The molecule has 0 aliphatic carbocycles. The molecule has 3 N–H and O–H groups in total. The maximum Gasteiger partial charge on any atom is 0.472 e. The van der Waals surface area contributed by atoms with Gasteiger partial charge >= 0.3 is 39.5 Å². The van der Waals surface area contributed by atoms with Gasteiger partial charge in [0.1, 0.15) is 19.3 Å². The van der Waals surface area contributed by atoms with Crippen molar-refractivity contribution in [3.8, 4) is 0 Å². The summed E-state index contributed by atoms with van der Waals surface area (Å²) in [5.74, 6) is -1.25. The van der Waals surface area contributed by atoms with E-state index in [1.807, 2.05) is 0 Å². The maximum absolute atomic E-state index is 13.2. The number of carbonyl (C=O) groups excluding carboxylic acids is 4. The maximum atomic E-state index is 13.2. The number of esters is 4. The normalized spacial score (nSPS) is 14.0. The molecule has 0 amide bonds. The molecule has 0 aromatic heterocycles. The molecule has 107 heavy (non-hydrogen) atoms. The first kappa shape index (κ1) is 105. The van der Waals surface area contributed by atoms with Crippen molar-refractivity contribution in [2.75, 3.05) is 39.6 Å². The second-order valence-corrected chi connectivity index (χ2v) is 34.8. The topological polar surface area (TPSA) is 237 Å². The van der Waals surface area contributed by atoms with Crippen LogP contribution in [0.2, 0.25) is 0 Å². The van der Waals surface area contributed by atoms with Gasteiger partial charge in [0.15, 0.2) is 12.2 Å². The highest BCUT2D eigenvalue weighted by Crippen LogP contribution is 2.45. The van der Waals surface area contributed by atoms with Crippen LogP contribution in [0.15, 0.2) is 0 Å². The molecule has 0 radical (unpaired) electrons. The van der Waals surface area contributed by atoms with Crippen molar-refractivity contribution in [1.82, 2.24) is 0 Å². The largest absolute Gasteiger partial charge is 0.472 e. The highest BCUT2D eigenvalue weighted by atomic mass is 31.2. The smallest absolute Gasteiger partial charge is 0.462 e. The van der Waals surface area contributed by atoms with Crippen LogP contribution >= 0.6 is 15.6 Å². The minimum absolute atomic E-state index is 0.109. The molecule has 19 heteroatoms. The number of aliphatic hydroxyl groups excluding tert-OH is 1. The van der Waals surface area contributed by atoms with Crippen LogP contribution in [0.1, 0.15) is 478 Å². The first-order valence-electron chi connectivity index (χ1n) is 45.7. The molecule has 0 rings (SSSR count). The van der Waals surface area contributed by atoms with Crippen molar-refractivity contribution in [2.24, 2.45) is 5.92 Å². The molecule has 0 aliphatic rings. The lowest BCUT2D eigenvalue weighted by molar-refractivity contribution is -0.161. The summed E-state index contributed by atoms with van der Waals surface area (Å²) in [4.78, 5) is 73.3. The fraction of sp³-hybridized carbons (Fsp3) is 0.955. The summed E-state index contributed by atoms with van der Waals surface area (Å²) in [6, 6.07) is 0. The van der Waals surface area contributed by atoms with Crippen molar-refractivity contribution in [1.29, 1.82) is 0 Å². The van der Waals surface area contributed by atoms with Crippen molar-refractivity contribution in [3.63, 3.8) is 0 Å². The molecule has 0 bridgehead atoms. The molecule has 3 unspecified atom stereocenters. The predicted molar refractivity (Wildman–Crippen MR) is 442 cm³/mol. The lowest BCUT2D eigenvalue weighted by atomic mass is 9.99. The quantitative estimate of drug-likeness (QED) is 0.0222. The number of phosphoric ester groups is 2. The van der Waals surface area contributed by atoms with E-state index in [2.05, 4.69) is 34.6 Å². The molecule has 0 aromatic carbocycles. The van der Waals surface area contributed by atoms with Crippen LogP contribution < -0.4 is 0 Å². The van der Waals surface area contributed by atoms with Crippen molar-refractivity contribution in [2.45, 2.75) is 496 Å². The van der Waals surface area contributed by atoms with Crippen molar-refractivity contribution >= 4 is 39.5 Å². The number of hydrogen-bond donors (Lipinski definition) is 3. The second-order valence-electron chi connectivity index (χ2n) is 31.9. The lowest BCUT2D eigenvalue weighted by Crippen LogP contribution is -2.30. The van der Waals surface area contributed by atoms with Gasteiger partial charge in [-0.3, -0.25) is 37.3 Å². The summed E-state index contributed by atoms with van der Waals surface area (Å²) in [5.41, 5.74) is 0. The molecule has 0 aliphatic heterocycles. The summed E-state index contributed by atoms with van der Waals surface area (Å²) < 4.78 is 68.9. The summed E-state index contributed by atoms with van der Waals surface area (Å²) >= 11 is 0. The van der Waals surface area contributed by atoms with Gasteiger partial charge in [-0.15, -0.1) is 0 Å². The predicted octanol–water partition coefficient (Wildman–Crippen LogP) is 27.2. The average molecular weight is 1560 g/mol. The lowest BCUT2D eigenvalue weighted by Gasteiger charge is -2.21. The molecule has 6 atom stereocenters. The highest BCUT2D eigenvalue weighted by molar-refractivity contribution is 7.47. The van der Waals surface area contributed by atoms with Gasteiger partial charge in [-0.1, -0.05) is 426 Å². The first-order chi connectivity index (χ1) is 52.1. The summed E-state index contributed by atoms with van der Waals surface area (Å²) in [6.45, 7) is 7.42. The molecular formula is C88H172O17P2. The number of rotatable bonds is 88. The number of aliphatic hydroxyl groups is 1. The number of ether oxygens (including phenoxy) is 4. The van der Waals surface area contributed by atoms with E-state index in [9.17, 15) is 43.2 Å². The Morgan fingerprint density at radius 1 is 0.262 bits per heavy atom. The van der Waals surface area contributed by atoms with Gasteiger partial charge < -0.3 is 33.8 Å². The van der Waals surface area contributed by atoms with Gasteiger partial charge in [-0.25, -0.2) is 9.13 Å². The van der Waals surface area contributed by atoms with Gasteiger partial charge in [0, 0.05) is 25.7 Å².